The number of methoxy groups -OCH3 is 1. The maximum Gasteiger partial charge on any atom is 0.279 e. The molecule has 0 saturated heterocycles. The third kappa shape index (κ3) is 3.13. The zero-order chi connectivity index (χ0) is 15.5. The van der Waals surface area contributed by atoms with Crippen molar-refractivity contribution >= 4 is 44.7 Å². The Morgan fingerprint density at radius 3 is 2.91 bits per heavy atom. The van der Waals surface area contributed by atoms with Crippen LogP contribution < -0.4 is 15.6 Å². The molecule has 0 aliphatic carbocycles. The number of hydrogen-bond acceptors (Lipinski definition) is 5. The lowest BCUT2D eigenvalue weighted by molar-refractivity contribution is 0.0966. The maximum atomic E-state index is 12.2. The number of anilines is 1. The van der Waals surface area contributed by atoms with Crippen LogP contribution in [0, 0.1) is 0 Å². The lowest BCUT2D eigenvalue weighted by atomic mass is 10.2. The van der Waals surface area contributed by atoms with Crippen molar-refractivity contribution in [3.8, 4) is 5.75 Å². The number of amides is 1. The lowest BCUT2D eigenvalue weighted by Gasteiger charge is -2.06. The van der Waals surface area contributed by atoms with E-state index in [2.05, 4.69) is 15.8 Å². The Balaban J connectivity index is 1.74. The summed E-state index contributed by atoms with van der Waals surface area (Å²) in [5.41, 5.74) is 5.34. The molecular weight excluding hydrogens is 322 g/mol. The number of nitrogens with zero attached hydrogens (tertiary/aromatic N) is 1. The molecule has 1 amide bonds. The number of carbonyl (C=O) groups is 1. The largest absolute Gasteiger partial charge is 0.497 e. The lowest BCUT2D eigenvalue weighted by Crippen LogP contribution is -2.29. The standard InChI is InChI=1S/C15H12ClN3O2S/c1-21-10-5-6-11-9(7-10)8-12(22-11)15(20)19-18-14-4-2-3-13(16)17-14/h2-8H,1H3,(H,17,18)(H,19,20). The molecule has 0 radical (unpaired) electrons. The van der Waals surface area contributed by atoms with Crippen LogP contribution in [-0.2, 0) is 0 Å². The van der Waals surface area contributed by atoms with Gasteiger partial charge in [0.1, 0.15) is 16.7 Å². The first-order chi connectivity index (χ1) is 10.7. The van der Waals surface area contributed by atoms with Gasteiger partial charge in [0.25, 0.3) is 5.91 Å². The van der Waals surface area contributed by atoms with Gasteiger partial charge in [-0.25, -0.2) is 4.98 Å². The van der Waals surface area contributed by atoms with Crippen molar-refractivity contribution in [2.75, 3.05) is 12.5 Å². The predicted octanol–water partition coefficient (Wildman–Crippen LogP) is 3.72. The Bertz CT molecular complexity index is 835. The van der Waals surface area contributed by atoms with E-state index in [1.54, 1.807) is 25.3 Å². The molecule has 1 aromatic carbocycles. The van der Waals surface area contributed by atoms with Crippen molar-refractivity contribution in [3.63, 3.8) is 0 Å². The number of aromatic nitrogens is 1. The maximum absolute atomic E-state index is 12.2. The van der Waals surface area contributed by atoms with Gasteiger partial charge >= 0.3 is 0 Å². The summed E-state index contributed by atoms with van der Waals surface area (Å²) in [5.74, 6) is 1.00. The van der Waals surface area contributed by atoms with Crippen LogP contribution in [0.2, 0.25) is 5.15 Å². The fourth-order valence-corrected chi connectivity index (χ4v) is 3.02. The molecule has 3 aromatic rings. The number of pyridine rings is 1. The van der Waals surface area contributed by atoms with Crippen LogP contribution in [0.5, 0.6) is 5.75 Å². The molecule has 2 aromatic heterocycles. The summed E-state index contributed by atoms with van der Waals surface area (Å²) in [5, 5.41) is 1.32. The molecule has 2 heterocycles. The molecule has 2 N–H and O–H groups in total. The second-order valence-corrected chi connectivity index (χ2v) is 5.91. The summed E-state index contributed by atoms with van der Waals surface area (Å²) in [4.78, 5) is 16.8. The van der Waals surface area contributed by atoms with Gasteiger partial charge < -0.3 is 4.74 Å². The molecule has 3 rings (SSSR count). The zero-order valence-electron chi connectivity index (χ0n) is 11.6. The van der Waals surface area contributed by atoms with Crippen LogP contribution in [0.3, 0.4) is 0 Å². The number of thiophene rings is 1. The van der Waals surface area contributed by atoms with Gasteiger partial charge in [-0.3, -0.25) is 15.6 Å². The number of hydrazine groups is 1. The smallest absolute Gasteiger partial charge is 0.279 e. The van der Waals surface area contributed by atoms with Gasteiger partial charge in [-0.05, 0) is 41.8 Å². The molecule has 7 heteroatoms. The summed E-state index contributed by atoms with van der Waals surface area (Å²) in [6.07, 6.45) is 0. The molecule has 5 nitrogen and oxygen atoms in total. The minimum atomic E-state index is -0.234. The Kier molecular flexibility index (Phi) is 4.13. The molecule has 0 spiro atoms. The minimum absolute atomic E-state index is 0.234. The first-order valence-corrected chi connectivity index (χ1v) is 7.61. The third-order valence-electron chi connectivity index (χ3n) is 2.97. The van der Waals surface area contributed by atoms with Crippen LogP contribution in [-0.4, -0.2) is 18.0 Å². The quantitative estimate of drug-likeness (QED) is 0.564. The number of fused-ring (bicyclic) bond motifs is 1. The normalized spacial score (nSPS) is 10.5. The van der Waals surface area contributed by atoms with E-state index in [9.17, 15) is 4.79 Å². The molecule has 0 bridgehead atoms. The van der Waals surface area contributed by atoms with E-state index in [0.717, 1.165) is 15.8 Å². The average Bonchev–Trinajstić information content (AvgIpc) is 2.95. The van der Waals surface area contributed by atoms with Gasteiger partial charge in [0.15, 0.2) is 0 Å². The molecule has 0 unspecified atom stereocenters. The summed E-state index contributed by atoms with van der Waals surface area (Å²) in [6, 6.07) is 12.6. The fraction of sp³-hybridized carbons (Fsp3) is 0.0667. The third-order valence-corrected chi connectivity index (χ3v) is 4.29. The Hall–Kier alpha value is -2.31. The number of rotatable bonds is 4. The number of benzene rings is 1. The first-order valence-electron chi connectivity index (χ1n) is 6.42. The topological polar surface area (TPSA) is 63.2 Å². The van der Waals surface area contributed by atoms with E-state index >= 15 is 0 Å². The molecular formula is C15H12ClN3O2S. The van der Waals surface area contributed by atoms with Crippen molar-refractivity contribution in [3.05, 3.63) is 52.5 Å². The van der Waals surface area contributed by atoms with E-state index in [0.29, 0.717) is 15.8 Å². The van der Waals surface area contributed by atoms with Gasteiger partial charge in [0, 0.05) is 4.70 Å². The number of halogens is 1. The van der Waals surface area contributed by atoms with E-state index in [4.69, 9.17) is 16.3 Å². The monoisotopic (exact) mass is 333 g/mol. The second-order valence-electron chi connectivity index (χ2n) is 4.44. The SMILES string of the molecule is COc1ccc2sc(C(=O)NNc3cccc(Cl)n3)cc2c1. The van der Waals surface area contributed by atoms with Crippen molar-refractivity contribution in [1.82, 2.24) is 10.4 Å². The highest BCUT2D eigenvalue weighted by molar-refractivity contribution is 7.20. The van der Waals surface area contributed by atoms with E-state index in [1.165, 1.54) is 11.3 Å². The van der Waals surface area contributed by atoms with Gasteiger partial charge in [-0.15, -0.1) is 11.3 Å². The highest BCUT2D eigenvalue weighted by atomic mass is 35.5. The van der Waals surface area contributed by atoms with E-state index < -0.39 is 0 Å². The Morgan fingerprint density at radius 2 is 2.14 bits per heavy atom. The van der Waals surface area contributed by atoms with Crippen LogP contribution >= 0.6 is 22.9 Å². The zero-order valence-corrected chi connectivity index (χ0v) is 13.2. The molecule has 0 atom stereocenters. The molecule has 22 heavy (non-hydrogen) atoms. The van der Waals surface area contributed by atoms with Crippen molar-refractivity contribution in [2.24, 2.45) is 0 Å². The van der Waals surface area contributed by atoms with Crippen LogP contribution in [0.15, 0.2) is 42.5 Å². The van der Waals surface area contributed by atoms with E-state index in [-0.39, 0.29) is 5.91 Å². The van der Waals surface area contributed by atoms with Gasteiger partial charge in [-0.1, -0.05) is 17.7 Å². The van der Waals surface area contributed by atoms with E-state index in [1.807, 2.05) is 24.3 Å². The number of carbonyl (C=O) groups excluding carboxylic acids is 1. The van der Waals surface area contributed by atoms with Crippen molar-refractivity contribution < 1.29 is 9.53 Å². The molecule has 0 fully saturated rings. The summed E-state index contributed by atoms with van der Waals surface area (Å²) >= 11 is 7.19. The highest BCUT2D eigenvalue weighted by Crippen LogP contribution is 2.28. The molecule has 112 valence electrons. The van der Waals surface area contributed by atoms with Crippen LogP contribution in [0.25, 0.3) is 10.1 Å². The predicted molar refractivity (Wildman–Crippen MR) is 88.7 cm³/mol. The van der Waals surface area contributed by atoms with Crippen molar-refractivity contribution in [2.45, 2.75) is 0 Å². The fourth-order valence-electron chi connectivity index (χ4n) is 1.92. The number of ether oxygens (including phenoxy) is 1. The Labute approximate surface area is 135 Å². The second kappa shape index (κ2) is 6.21. The van der Waals surface area contributed by atoms with Gasteiger partial charge in [0.05, 0.1) is 12.0 Å². The average molecular weight is 334 g/mol. The van der Waals surface area contributed by atoms with Gasteiger partial charge in [0.2, 0.25) is 0 Å². The van der Waals surface area contributed by atoms with Crippen molar-refractivity contribution in [1.29, 1.82) is 0 Å². The number of hydrogen-bond donors (Lipinski definition) is 2. The summed E-state index contributed by atoms with van der Waals surface area (Å²) in [6.45, 7) is 0. The van der Waals surface area contributed by atoms with Crippen LogP contribution in [0.4, 0.5) is 5.82 Å². The van der Waals surface area contributed by atoms with Crippen LogP contribution in [0.1, 0.15) is 9.67 Å². The molecule has 0 aliphatic rings. The van der Waals surface area contributed by atoms with Gasteiger partial charge in [-0.2, -0.15) is 0 Å². The summed E-state index contributed by atoms with van der Waals surface area (Å²) in [7, 11) is 1.61. The first kappa shape index (κ1) is 14.6. The summed E-state index contributed by atoms with van der Waals surface area (Å²) < 4.78 is 6.20. The minimum Gasteiger partial charge on any atom is -0.497 e. The highest BCUT2D eigenvalue weighted by Gasteiger charge is 2.10. The Morgan fingerprint density at radius 1 is 1.27 bits per heavy atom. The molecule has 0 aliphatic heterocycles. The number of nitrogens with one attached hydrogen (secondary N) is 2. The molecule has 0 saturated carbocycles.